The van der Waals surface area contributed by atoms with E-state index in [4.69, 9.17) is 4.74 Å². The second-order valence-corrected chi connectivity index (χ2v) is 4.86. The maximum Gasteiger partial charge on any atom is 0.274 e. The number of carbonyl (C=O) groups excluding carboxylic acids is 1. The van der Waals surface area contributed by atoms with Gasteiger partial charge in [0.15, 0.2) is 5.78 Å². The number of Topliss-reactive ketones (excluding diaryl/α,β-unsaturated/α-hetero) is 1. The van der Waals surface area contributed by atoms with Crippen LogP contribution in [0.2, 0.25) is 0 Å². The number of ether oxygens (including phenoxy) is 1. The van der Waals surface area contributed by atoms with Crippen molar-refractivity contribution in [2.24, 2.45) is 0 Å². The van der Waals surface area contributed by atoms with Gasteiger partial charge in [-0.15, -0.1) is 0 Å². The minimum atomic E-state index is -0.510. The smallest absolute Gasteiger partial charge is 0.274 e. The Morgan fingerprint density at radius 2 is 2.10 bits per heavy atom. The van der Waals surface area contributed by atoms with Crippen LogP contribution in [0.1, 0.15) is 17.3 Å². The van der Waals surface area contributed by atoms with Crippen molar-refractivity contribution in [2.45, 2.75) is 6.92 Å². The van der Waals surface area contributed by atoms with E-state index in [1.165, 1.54) is 31.3 Å². The Bertz CT molecular complexity index is 671. The number of nitro benzene ring substituents is 1. The Morgan fingerprint density at radius 1 is 1.35 bits per heavy atom. The Labute approximate surface area is 122 Å². The largest absolute Gasteiger partial charge is 0.439 e. The monoisotopic (exact) mass is 336 g/mol. The highest BCUT2D eigenvalue weighted by Crippen LogP contribution is 2.28. The van der Waals surface area contributed by atoms with Crippen LogP contribution in [0.25, 0.3) is 0 Å². The van der Waals surface area contributed by atoms with Gasteiger partial charge in [0.25, 0.3) is 5.69 Å². The lowest BCUT2D eigenvalue weighted by atomic mass is 10.2. The molecule has 0 radical (unpaired) electrons. The normalized spacial score (nSPS) is 10.1. The van der Waals surface area contributed by atoms with Gasteiger partial charge in [0.05, 0.1) is 11.0 Å². The Kier molecular flexibility index (Phi) is 4.09. The molecule has 0 unspecified atom stereocenters. The van der Waals surface area contributed by atoms with Crippen molar-refractivity contribution < 1.29 is 14.5 Å². The van der Waals surface area contributed by atoms with Gasteiger partial charge in [0, 0.05) is 28.4 Å². The van der Waals surface area contributed by atoms with Crippen LogP contribution in [0.15, 0.2) is 41.0 Å². The highest BCUT2D eigenvalue weighted by Gasteiger charge is 2.10. The number of pyridine rings is 1. The SMILES string of the molecule is CC(=O)c1ccc(Oc2cc(Br)cc([N+](=O)[O-])c2)nc1. The number of rotatable bonds is 4. The van der Waals surface area contributed by atoms with Gasteiger partial charge >= 0.3 is 0 Å². The van der Waals surface area contributed by atoms with Crippen molar-refractivity contribution in [2.75, 3.05) is 0 Å². The van der Waals surface area contributed by atoms with E-state index < -0.39 is 4.92 Å². The van der Waals surface area contributed by atoms with Crippen molar-refractivity contribution in [3.63, 3.8) is 0 Å². The summed E-state index contributed by atoms with van der Waals surface area (Å²) in [6, 6.07) is 7.37. The highest BCUT2D eigenvalue weighted by molar-refractivity contribution is 9.10. The molecule has 6 nitrogen and oxygen atoms in total. The summed E-state index contributed by atoms with van der Waals surface area (Å²) in [6.45, 7) is 1.44. The second-order valence-electron chi connectivity index (χ2n) is 3.95. The second kappa shape index (κ2) is 5.79. The lowest BCUT2D eigenvalue weighted by Crippen LogP contribution is -1.95. The molecule has 0 amide bonds. The minimum Gasteiger partial charge on any atom is -0.439 e. The van der Waals surface area contributed by atoms with Gasteiger partial charge < -0.3 is 4.74 Å². The van der Waals surface area contributed by atoms with Crippen molar-refractivity contribution in [3.8, 4) is 11.6 Å². The van der Waals surface area contributed by atoms with Gasteiger partial charge in [-0.1, -0.05) is 15.9 Å². The summed E-state index contributed by atoms with van der Waals surface area (Å²) in [6.07, 6.45) is 1.39. The first-order chi connectivity index (χ1) is 9.45. The summed E-state index contributed by atoms with van der Waals surface area (Å²) in [5.41, 5.74) is 0.382. The molecule has 0 bridgehead atoms. The van der Waals surface area contributed by atoms with E-state index in [0.717, 1.165) is 0 Å². The molecule has 0 aliphatic rings. The summed E-state index contributed by atoms with van der Waals surface area (Å²) in [4.78, 5) is 25.3. The average Bonchev–Trinajstić information content (AvgIpc) is 2.38. The summed E-state index contributed by atoms with van der Waals surface area (Å²) in [5, 5.41) is 10.8. The van der Waals surface area contributed by atoms with Crippen LogP contribution in [0.5, 0.6) is 11.6 Å². The zero-order chi connectivity index (χ0) is 14.7. The fraction of sp³-hybridized carbons (Fsp3) is 0.0769. The number of ketones is 1. The number of benzene rings is 1. The zero-order valence-electron chi connectivity index (χ0n) is 10.4. The predicted octanol–water partition coefficient (Wildman–Crippen LogP) is 3.75. The minimum absolute atomic E-state index is 0.0882. The summed E-state index contributed by atoms with van der Waals surface area (Å²) in [5.74, 6) is 0.443. The molecule has 7 heteroatoms. The van der Waals surface area contributed by atoms with Gasteiger partial charge in [-0.05, 0) is 19.1 Å². The van der Waals surface area contributed by atoms with Crippen molar-refractivity contribution in [1.29, 1.82) is 0 Å². The number of carbonyl (C=O) groups is 1. The Balaban J connectivity index is 2.25. The predicted molar refractivity (Wildman–Crippen MR) is 75.1 cm³/mol. The molecule has 0 aliphatic heterocycles. The first-order valence-electron chi connectivity index (χ1n) is 5.55. The molecule has 0 saturated heterocycles. The van der Waals surface area contributed by atoms with Crippen molar-refractivity contribution in [1.82, 2.24) is 4.98 Å². The summed E-state index contributed by atoms with van der Waals surface area (Å²) in [7, 11) is 0. The third kappa shape index (κ3) is 3.39. The molecule has 1 heterocycles. The zero-order valence-corrected chi connectivity index (χ0v) is 12.0. The van der Waals surface area contributed by atoms with E-state index in [0.29, 0.717) is 10.0 Å². The number of hydrogen-bond donors (Lipinski definition) is 0. The van der Waals surface area contributed by atoms with Gasteiger partial charge in [-0.2, -0.15) is 0 Å². The molecule has 0 spiro atoms. The fourth-order valence-electron chi connectivity index (χ4n) is 1.48. The van der Waals surface area contributed by atoms with Crippen LogP contribution in [0.4, 0.5) is 5.69 Å². The van der Waals surface area contributed by atoms with E-state index >= 15 is 0 Å². The first kappa shape index (κ1) is 14.1. The topological polar surface area (TPSA) is 82.3 Å². The highest BCUT2D eigenvalue weighted by atomic mass is 79.9. The van der Waals surface area contributed by atoms with Gasteiger partial charge in [0.1, 0.15) is 5.75 Å². The number of halogens is 1. The number of non-ortho nitro benzene ring substituents is 1. The molecular weight excluding hydrogens is 328 g/mol. The molecule has 1 aromatic heterocycles. The van der Waals surface area contributed by atoms with Crippen LogP contribution in [-0.2, 0) is 0 Å². The molecule has 20 heavy (non-hydrogen) atoms. The lowest BCUT2D eigenvalue weighted by Gasteiger charge is -2.05. The van der Waals surface area contributed by atoms with E-state index in [2.05, 4.69) is 20.9 Å². The summed E-state index contributed by atoms with van der Waals surface area (Å²) < 4.78 is 5.96. The molecule has 2 aromatic rings. The average molecular weight is 337 g/mol. The van der Waals surface area contributed by atoms with E-state index in [1.54, 1.807) is 12.1 Å². The van der Waals surface area contributed by atoms with Gasteiger partial charge in [-0.3, -0.25) is 14.9 Å². The van der Waals surface area contributed by atoms with Gasteiger partial charge in [0.2, 0.25) is 5.88 Å². The number of nitrogens with zero attached hydrogens (tertiary/aromatic N) is 2. The first-order valence-corrected chi connectivity index (χ1v) is 6.35. The van der Waals surface area contributed by atoms with E-state index in [-0.39, 0.29) is 23.1 Å². The van der Waals surface area contributed by atoms with Crippen LogP contribution in [-0.4, -0.2) is 15.7 Å². The lowest BCUT2D eigenvalue weighted by molar-refractivity contribution is -0.385. The Hall–Kier alpha value is -2.28. The maximum atomic E-state index is 11.1. The molecule has 0 saturated carbocycles. The molecular formula is C13H9BrN2O4. The van der Waals surface area contributed by atoms with Crippen LogP contribution < -0.4 is 4.74 Å². The molecule has 0 atom stereocenters. The number of hydrogen-bond acceptors (Lipinski definition) is 5. The van der Waals surface area contributed by atoms with Gasteiger partial charge in [-0.25, -0.2) is 4.98 Å². The van der Waals surface area contributed by atoms with Crippen LogP contribution >= 0.6 is 15.9 Å². The molecule has 0 aliphatic carbocycles. The number of aromatic nitrogens is 1. The molecule has 2 rings (SSSR count). The quantitative estimate of drug-likeness (QED) is 0.482. The molecule has 0 N–H and O–H groups in total. The van der Waals surface area contributed by atoms with Crippen molar-refractivity contribution in [3.05, 3.63) is 56.7 Å². The number of nitro groups is 1. The van der Waals surface area contributed by atoms with Crippen molar-refractivity contribution >= 4 is 27.4 Å². The summed E-state index contributed by atoms with van der Waals surface area (Å²) >= 11 is 3.18. The molecule has 102 valence electrons. The standard InChI is InChI=1S/C13H9BrN2O4/c1-8(17)9-2-3-13(15-7-9)20-12-5-10(14)4-11(6-12)16(18)19/h2-7H,1H3. The molecule has 0 fully saturated rings. The van der Waals surface area contributed by atoms with Crippen LogP contribution in [0.3, 0.4) is 0 Å². The Morgan fingerprint density at radius 3 is 2.65 bits per heavy atom. The molecule has 1 aromatic carbocycles. The maximum absolute atomic E-state index is 11.1. The van der Waals surface area contributed by atoms with Crippen LogP contribution in [0, 0.1) is 10.1 Å². The van der Waals surface area contributed by atoms with E-state index in [1.807, 2.05) is 0 Å². The third-order valence-corrected chi connectivity index (χ3v) is 2.89. The fourth-order valence-corrected chi connectivity index (χ4v) is 1.94. The van der Waals surface area contributed by atoms with E-state index in [9.17, 15) is 14.9 Å². The third-order valence-electron chi connectivity index (χ3n) is 2.43.